The summed E-state index contributed by atoms with van der Waals surface area (Å²) in [5.74, 6) is 0.842. The second-order valence-electron chi connectivity index (χ2n) is 4.71. The number of halogens is 1. The summed E-state index contributed by atoms with van der Waals surface area (Å²) in [4.78, 5) is 8.63. The maximum Gasteiger partial charge on any atom is 0.144 e. The number of aryl methyl sites for hydroxylation is 2. The lowest BCUT2D eigenvalue weighted by Gasteiger charge is -2.07. The largest absolute Gasteiger partial charge is 0.487 e. The van der Waals surface area contributed by atoms with Crippen molar-refractivity contribution in [2.24, 2.45) is 7.05 Å². The summed E-state index contributed by atoms with van der Waals surface area (Å²) >= 11 is 3.55. The molecule has 2 aromatic heterocycles. The average Bonchev–Trinajstić information content (AvgIpc) is 2.74. The van der Waals surface area contributed by atoms with Crippen molar-refractivity contribution in [1.29, 1.82) is 0 Å². The van der Waals surface area contributed by atoms with Gasteiger partial charge in [0.1, 0.15) is 24.3 Å². The van der Waals surface area contributed by atoms with Crippen LogP contribution in [0.15, 0.2) is 41.3 Å². The smallest absolute Gasteiger partial charge is 0.144 e. The lowest BCUT2D eigenvalue weighted by Crippen LogP contribution is -2.00. The van der Waals surface area contributed by atoms with E-state index in [-0.39, 0.29) is 0 Å². The molecule has 0 fully saturated rings. The van der Waals surface area contributed by atoms with Gasteiger partial charge in [-0.15, -0.1) is 0 Å². The van der Waals surface area contributed by atoms with E-state index < -0.39 is 0 Å². The van der Waals surface area contributed by atoms with E-state index in [1.165, 1.54) is 5.56 Å². The first kappa shape index (κ1) is 13.1. The second-order valence-corrected chi connectivity index (χ2v) is 5.56. The maximum atomic E-state index is 5.80. The van der Waals surface area contributed by atoms with Crippen LogP contribution in [-0.4, -0.2) is 14.5 Å². The summed E-state index contributed by atoms with van der Waals surface area (Å²) in [6.45, 7) is 2.48. The highest BCUT2D eigenvalue weighted by molar-refractivity contribution is 9.10. The zero-order valence-corrected chi connectivity index (χ0v) is 12.9. The van der Waals surface area contributed by atoms with Gasteiger partial charge in [0.05, 0.1) is 11.1 Å². The van der Waals surface area contributed by atoms with Gasteiger partial charge in [-0.1, -0.05) is 17.7 Å². The predicted molar refractivity (Wildman–Crippen MR) is 81.7 cm³/mol. The van der Waals surface area contributed by atoms with Gasteiger partial charge in [-0.25, -0.2) is 9.97 Å². The van der Waals surface area contributed by atoms with Gasteiger partial charge in [-0.2, -0.15) is 0 Å². The summed E-state index contributed by atoms with van der Waals surface area (Å²) in [6, 6.07) is 7.99. The van der Waals surface area contributed by atoms with Crippen LogP contribution in [0.3, 0.4) is 0 Å². The molecule has 0 atom stereocenters. The van der Waals surface area contributed by atoms with Crippen molar-refractivity contribution in [3.05, 3.63) is 52.5 Å². The zero-order valence-electron chi connectivity index (χ0n) is 11.3. The normalized spacial score (nSPS) is 10.9. The molecule has 3 aromatic rings. The van der Waals surface area contributed by atoms with Crippen LogP contribution in [0.2, 0.25) is 0 Å². The fourth-order valence-corrected chi connectivity index (χ4v) is 2.83. The van der Waals surface area contributed by atoms with Crippen LogP contribution in [0, 0.1) is 6.92 Å². The Hall–Kier alpha value is -1.88. The fraction of sp³-hybridized carbons (Fsp3) is 0.200. The Labute approximate surface area is 125 Å². The number of hydrogen-bond acceptors (Lipinski definition) is 3. The van der Waals surface area contributed by atoms with Crippen molar-refractivity contribution in [1.82, 2.24) is 14.5 Å². The van der Waals surface area contributed by atoms with E-state index in [1.54, 1.807) is 6.33 Å². The topological polar surface area (TPSA) is 39.9 Å². The van der Waals surface area contributed by atoms with Crippen molar-refractivity contribution in [2.45, 2.75) is 13.5 Å². The second kappa shape index (κ2) is 5.25. The Bertz CT molecular complexity index is 750. The molecule has 0 spiro atoms. The van der Waals surface area contributed by atoms with Crippen molar-refractivity contribution < 1.29 is 4.74 Å². The molecule has 0 N–H and O–H groups in total. The van der Waals surface area contributed by atoms with Crippen molar-refractivity contribution in [3.8, 4) is 5.75 Å². The Morgan fingerprint density at radius 1 is 1.20 bits per heavy atom. The van der Waals surface area contributed by atoms with E-state index in [9.17, 15) is 0 Å². The molecule has 3 rings (SSSR count). The molecule has 0 aliphatic rings. The van der Waals surface area contributed by atoms with Crippen LogP contribution in [-0.2, 0) is 13.7 Å². The predicted octanol–water partition coefficient (Wildman–Crippen LogP) is 3.62. The Balaban J connectivity index is 1.89. The molecule has 0 unspecified atom stereocenters. The molecule has 0 saturated carbocycles. The third kappa shape index (κ3) is 2.41. The van der Waals surface area contributed by atoms with Crippen LogP contribution < -0.4 is 4.74 Å². The number of nitrogens with zero attached hydrogens (tertiary/aromatic N) is 3. The van der Waals surface area contributed by atoms with E-state index in [4.69, 9.17) is 4.74 Å². The minimum Gasteiger partial charge on any atom is -0.487 e. The average molecular weight is 332 g/mol. The minimum absolute atomic E-state index is 0.421. The van der Waals surface area contributed by atoms with Crippen LogP contribution >= 0.6 is 15.9 Å². The third-order valence-corrected chi connectivity index (χ3v) is 3.78. The summed E-state index contributed by atoms with van der Waals surface area (Å²) < 4.78 is 8.75. The molecule has 102 valence electrons. The Morgan fingerprint density at radius 2 is 1.95 bits per heavy atom. The molecule has 0 radical (unpaired) electrons. The van der Waals surface area contributed by atoms with Gasteiger partial charge < -0.3 is 9.30 Å². The molecule has 0 bridgehead atoms. The van der Waals surface area contributed by atoms with Gasteiger partial charge in [0, 0.05) is 17.7 Å². The van der Waals surface area contributed by atoms with Crippen LogP contribution in [0.1, 0.15) is 11.3 Å². The SMILES string of the molecule is Cc1ccc(OCc2ncnc3c2c(Br)cn3C)cc1. The molecule has 20 heavy (non-hydrogen) atoms. The molecule has 0 aliphatic carbocycles. The number of rotatable bonds is 3. The van der Waals surface area contributed by atoms with Gasteiger partial charge in [-0.3, -0.25) is 0 Å². The van der Waals surface area contributed by atoms with E-state index in [2.05, 4.69) is 32.8 Å². The Kier molecular flexibility index (Phi) is 3.44. The third-order valence-electron chi connectivity index (χ3n) is 3.18. The number of fused-ring (bicyclic) bond motifs is 1. The zero-order chi connectivity index (χ0) is 14.1. The first-order chi connectivity index (χ1) is 9.65. The van der Waals surface area contributed by atoms with Gasteiger partial charge >= 0.3 is 0 Å². The lowest BCUT2D eigenvalue weighted by atomic mass is 10.2. The van der Waals surface area contributed by atoms with Crippen molar-refractivity contribution >= 4 is 27.0 Å². The minimum atomic E-state index is 0.421. The highest BCUT2D eigenvalue weighted by Crippen LogP contribution is 2.27. The highest BCUT2D eigenvalue weighted by Gasteiger charge is 2.12. The first-order valence-electron chi connectivity index (χ1n) is 6.29. The molecule has 0 amide bonds. The molecule has 4 nitrogen and oxygen atoms in total. The van der Waals surface area contributed by atoms with E-state index in [0.717, 1.165) is 26.9 Å². The molecular weight excluding hydrogens is 318 g/mol. The van der Waals surface area contributed by atoms with Crippen LogP contribution in [0.25, 0.3) is 11.0 Å². The monoisotopic (exact) mass is 331 g/mol. The number of benzene rings is 1. The molecule has 1 aromatic carbocycles. The quantitative estimate of drug-likeness (QED) is 0.735. The summed E-state index contributed by atoms with van der Waals surface area (Å²) in [7, 11) is 1.96. The van der Waals surface area contributed by atoms with E-state index in [0.29, 0.717) is 6.61 Å². The fourth-order valence-electron chi connectivity index (χ4n) is 2.11. The molecular formula is C15H14BrN3O. The first-order valence-corrected chi connectivity index (χ1v) is 7.08. The number of aromatic nitrogens is 3. The van der Waals surface area contributed by atoms with E-state index >= 15 is 0 Å². The lowest BCUT2D eigenvalue weighted by molar-refractivity contribution is 0.303. The number of hydrogen-bond donors (Lipinski definition) is 0. The van der Waals surface area contributed by atoms with Crippen LogP contribution in [0.5, 0.6) is 5.75 Å². The maximum absolute atomic E-state index is 5.80. The molecule has 5 heteroatoms. The van der Waals surface area contributed by atoms with Gasteiger partial charge in [0.15, 0.2) is 0 Å². The summed E-state index contributed by atoms with van der Waals surface area (Å²) in [6.07, 6.45) is 3.55. The summed E-state index contributed by atoms with van der Waals surface area (Å²) in [5, 5.41) is 1.00. The van der Waals surface area contributed by atoms with Gasteiger partial charge in [0.2, 0.25) is 0 Å². The van der Waals surface area contributed by atoms with Crippen molar-refractivity contribution in [3.63, 3.8) is 0 Å². The Morgan fingerprint density at radius 3 is 2.70 bits per heavy atom. The van der Waals surface area contributed by atoms with Gasteiger partial charge in [-0.05, 0) is 35.0 Å². The van der Waals surface area contributed by atoms with Gasteiger partial charge in [0.25, 0.3) is 0 Å². The molecule has 0 saturated heterocycles. The van der Waals surface area contributed by atoms with Crippen LogP contribution in [0.4, 0.5) is 0 Å². The molecule has 0 aliphatic heterocycles. The standard InChI is InChI=1S/C15H14BrN3O/c1-10-3-5-11(6-4-10)20-8-13-14-12(16)7-19(2)15(14)18-9-17-13/h3-7,9H,8H2,1-2H3. The van der Waals surface area contributed by atoms with E-state index in [1.807, 2.05) is 42.1 Å². The van der Waals surface area contributed by atoms with Crippen molar-refractivity contribution in [2.75, 3.05) is 0 Å². The summed E-state index contributed by atoms with van der Waals surface area (Å²) in [5.41, 5.74) is 2.99. The highest BCUT2D eigenvalue weighted by atomic mass is 79.9. The molecule has 2 heterocycles. The number of ether oxygens (including phenoxy) is 1.